The average molecular weight is 196 g/mol. The molecular formula is C5H6F6O. The summed E-state index contributed by atoms with van der Waals surface area (Å²) in [7, 11) is 0. The van der Waals surface area contributed by atoms with Crippen LogP contribution in [0.2, 0.25) is 0 Å². The van der Waals surface area contributed by atoms with E-state index in [1.807, 2.05) is 0 Å². The van der Waals surface area contributed by atoms with Gasteiger partial charge in [-0.15, -0.1) is 0 Å². The molecule has 0 atom stereocenters. The van der Waals surface area contributed by atoms with Gasteiger partial charge in [0.25, 0.3) is 0 Å². The van der Waals surface area contributed by atoms with Crippen molar-refractivity contribution in [2.24, 2.45) is 0 Å². The smallest absolute Gasteiger partial charge is 0.372 e. The van der Waals surface area contributed by atoms with Gasteiger partial charge in [-0.2, -0.15) is 22.0 Å². The van der Waals surface area contributed by atoms with Crippen LogP contribution in [0.25, 0.3) is 0 Å². The third kappa shape index (κ3) is 3.29. The maximum absolute atomic E-state index is 11.9. The summed E-state index contributed by atoms with van der Waals surface area (Å²) in [4.78, 5) is 0. The second kappa shape index (κ2) is 3.97. The monoisotopic (exact) mass is 196 g/mol. The summed E-state index contributed by atoms with van der Waals surface area (Å²) in [5.41, 5.74) is 0. The Morgan fingerprint density at radius 3 is 1.83 bits per heavy atom. The zero-order valence-electron chi connectivity index (χ0n) is 5.80. The average Bonchev–Trinajstić information content (AvgIpc) is 1.85. The number of rotatable bonds is 4. The first-order chi connectivity index (χ1) is 5.31. The van der Waals surface area contributed by atoms with Gasteiger partial charge < -0.3 is 4.74 Å². The van der Waals surface area contributed by atoms with Gasteiger partial charge in [0.2, 0.25) is 0 Å². The van der Waals surface area contributed by atoms with Crippen LogP contribution in [0.4, 0.5) is 26.3 Å². The molecule has 0 aromatic heterocycles. The molecule has 0 saturated heterocycles. The highest BCUT2D eigenvalue weighted by molar-refractivity contribution is 4.74. The molecule has 0 N–H and O–H groups in total. The second-order valence-electron chi connectivity index (χ2n) is 1.94. The Balaban J connectivity index is 3.88. The molecule has 7 heteroatoms. The molecule has 0 unspecified atom stereocenters. The lowest BCUT2D eigenvalue weighted by Gasteiger charge is -2.18. The molecule has 0 aliphatic carbocycles. The van der Waals surface area contributed by atoms with Crippen molar-refractivity contribution in [2.75, 3.05) is 19.9 Å². The Labute approximate surface area is 64.3 Å². The first kappa shape index (κ1) is 11.5. The Morgan fingerprint density at radius 2 is 1.50 bits per heavy atom. The molecule has 0 aliphatic heterocycles. The van der Waals surface area contributed by atoms with Gasteiger partial charge in [0, 0.05) is 0 Å². The van der Waals surface area contributed by atoms with Crippen LogP contribution in [0.3, 0.4) is 0 Å². The third-order valence-electron chi connectivity index (χ3n) is 0.920. The van der Waals surface area contributed by atoms with Crippen LogP contribution in [-0.4, -0.2) is 32.0 Å². The van der Waals surface area contributed by atoms with Crippen LogP contribution in [0.1, 0.15) is 0 Å². The fraction of sp³-hybridized carbons (Fsp3) is 1.00. The second-order valence-corrected chi connectivity index (χ2v) is 1.94. The van der Waals surface area contributed by atoms with E-state index in [9.17, 15) is 26.3 Å². The maximum Gasteiger partial charge on any atom is 0.455 e. The molecule has 12 heavy (non-hydrogen) atoms. The fourth-order valence-electron chi connectivity index (χ4n) is 0.337. The van der Waals surface area contributed by atoms with Crippen LogP contribution in [0.15, 0.2) is 0 Å². The highest BCUT2D eigenvalue weighted by atomic mass is 19.4. The van der Waals surface area contributed by atoms with Gasteiger partial charge >= 0.3 is 12.1 Å². The number of ether oxygens (including phenoxy) is 1. The van der Waals surface area contributed by atoms with Crippen molar-refractivity contribution in [1.82, 2.24) is 0 Å². The largest absolute Gasteiger partial charge is 0.455 e. The van der Waals surface area contributed by atoms with Gasteiger partial charge in [0.05, 0.1) is 6.61 Å². The molecule has 0 heterocycles. The van der Waals surface area contributed by atoms with E-state index in [0.29, 0.717) is 0 Å². The lowest BCUT2D eigenvalue weighted by molar-refractivity contribution is -0.296. The summed E-state index contributed by atoms with van der Waals surface area (Å²) >= 11 is 0. The highest BCUT2D eigenvalue weighted by Gasteiger charge is 2.57. The van der Waals surface area contributed by atoms with Crippen LogP contribution in [0.5, 0.6) is 0 Å². The first-order valence-electron chi connectivity index (χ1n) is 2.89. The highest BCUT2D eigenvalue weighted by Crippen LogP contribution is 2.35. The van der Waals surface area contributed by atoms with E-state index in [2.05, 4.69) is 4.74 Å². The lowest BCUT2D eigenvalue weighted by Crippen LogP contribution is -2.40. The predicted molar refractivity (Wildman–Crippen MR) is 27.8 cm³/mol. The van der Waals surface area contributed by atoms with Crippen LogP contribution < -0.4 is 0 Å². The number of hydrogen-bond acceptors (Lipinski definition) is 1. The Morgan fingerprint density at radius 1 is 1.00 bits per heavy atom. The van der Waals surface area contributed by atoms with Crippen molar-refractivity contribution < 1.29 is 31.1 Å². The zero-order chi connectivity index (χ0) is 9.83. The van der Waals surface area contributed by atoms with E-state index in [0.717, 1.165) is 0 Å². The van der Waals surface area contributed by atoms with Gasteiger partial charge in [-0.3, -0.25) is 0 Å². The molecular weight excluding hydrogens is 190 g/mol. The normalized spacial score (nSPS) is 13.5. The summed E-state index contributed by atoms with van der Waals surface area (Å²) in [5.74, 6) is -4.90. The third-order valence-corrected chi connectivity index (χ3v) is 0.920. The molecule has 0 amide bonds. The minimum atomic E-state index is -5.64. The van der Waals surface area contributed by atoms with E-state index in [1.54, 1.807) is 0 Å². The summed E-state index contributed by atoms with van der Waals surface area (Å²) in [5, 5.41) is 0. The lowest BCUT2D eigenvalue weighted by atomic mass is 10.3. The topological polar surface area (TPSA) is 9.23 Å². The fourth-order valence-corrected chi connectivity index (χ4v) is 0.337. The van der Waals surface area contributed by atoms with E-state index >= 15 is 0 Å². The van der Waals surface area contributed by atoms with Gasteiger partial charge in [0.15, 0.2) is 0 Å². The summed E-state index contributed by atoms with van der Waals surface area (Å²) < 4.78 is 72.7. The number of halogens is 6. The zero-order valence-corrected chi connectivity index (χ0v) is 5.80. The summed E-state index contributed by atoms with van der Waals surface area (Å²) in [6.45, 7) is -3.68. The van der Waals surface area contributed by atoms with Crippen LogP contribution >= 0.6 is 0 Å². The molecule has 0 saturated carbocycles. The SMILES string of the molecule is FCCOCC(F)(F)C(F)(F)F. The van der Waals surface area contributed by atoms with Crippen LogP contribution in [-0.2, 0) is 4.74 Å². The van der Waals surface area contributed by atoms with Gasteiger partial charge in [-0.25, -0.2) is 4.39 Å². The quantitative estimate of drug-likeness (QED) is 0.494. The molecule has 0 spiro atoms. The maximum atomic E-state index is 11.9. The van der Waals surface area contributed by atoms with Gasteiger partial charge in [-0.05, 0) is 0 Å². The van der Waals surface area contributed by atoms with Crippen molar-refractivity contribution in [3.8, 4) is 0 Å². The van der Waals surface area contributed by atoms with E-state index in [-0.39, 0.29) is 0 Å². The molecule has 0 bridgehead atoms. The number of hydrogen-bond donors (Lipinski definition) is 0. The molecule has 0 rings (SSSR count). The predicted octanol–water partition coefficient (Wildman–Crippen LogP) is 2.17. The standard InChI is InChI=1S/C5H6F6O/c6-1-2-12-3-4(7,8)5(9,10)11/h1-3H2. The molecule has 0 fully saturated rings. The van der Waals surface area contributed by atoms with E-state index < -0.39 is 32.0 Å². The molecule has 74 valence electrons. The molecule has 0 radical (unpaired) electrons. The number of alkyl halides is 6. The van der Waals surface area contributed by atoms with Crippen molar-refractivity contribution in [3.05, 3.63) is 0 Å². The Bertz CT molecular complexity index is 130. The Hall–Kier alpha value is -0.460. The molecule has 0 aromatic carbocycles. The van der Waals surface area contributed by atoms with Crippen molar-refractivity contribution in [2.45, 2.75) is 12.1 Å². The first-order valence-corrected chi connectivity index (χ1v) is 2.89. The summed E-state index contributed by atoms with van der Waals surface area (Å²) in [6.07, 6.45) is -5.64. The van der Waals surface area contributed by atoms with E-state index in [4.69, 9.17) is 0 Å². The summed E-state index contributed by atoms with van der Waals surface area (Å²) in [6, 6.07) is 0. The molecule has 0 aromatic rings. The molecule has 1 nitrogen and oxygen atoms in total. The minimum Gasteiger partial charge on any atom is -0.372 e. The van der Waals surface area contributed by atoms with Crippen molar-refractivity contribution in [3.63, 3.8) is 0 Å². The Kier molecular flexibility index (Phi) is 3.82. The van der Waals surface area contributed by atoms with Gasteiger partial charge in [0.1, 0.15) is 13.3 Å². The van der Waals surface area contributed by atoms with Crippen molar-refractivity contribution in [1.29, 1.82) is 0 Å². The van der Waals surface area contributed by atoms with E-state index in [1.165, 1.54) is 0 Å². The van der Waals surface area contributed by atoms with Gasteiger partial charge in [-0.1, -0.05) is 0 Å². The minimum absolute atomic E-state index is 0.758. The van der Waals surface area contributed by atoms with Crippen LogP contribution in [0, 0.1) is 0 Å². The molecule has 0 aliphatic rings. The van der Waals surface area contributed by atoms with Crippen molar-refractivity contribution >= 4 is 0 Å².